The number of rotatable bonds is 7. The van der Waals surface area contributed by atoms with Crippen molar-refractivity contribution < 1.29 is 4.74 Å². The molecule has 0 spiro atoms. The Bertz CT molecular complexity index is 353. The molecule has 1 aromatic rings. The van der Waals surface area contributed by atoms with E-state index in [0.29, 0.717) is 19.1 Å². The number of hydrogen-bond donors (Lipinski definition) is 1. The highest BCUT2D eigenvalue weighted by molar-refractivity contribution is 5.28. The summed E-state index contributed by atoms with van der Waals surface area (Å²) in [6.07, 6.45) is 1.33. The summed E-state index contributed by atoms with van der Waals surface area (Å²) in [6, 6.07) is 10.6. The SMILES string of the molecule is CCNC(C)c1ccc(OCCCC#N)cc1. The van der Waals surface area contributed by atoms with Crippen LogP contribution in [0, 0.1) is 11.3 Å². The molecule has 92 valence electrons. The van der Waals surface area contributed by atoms with Crippen LogP contribution in [0.3, 0.4) is 0 Å². The number of benzene rings is 1. The molecule has 3 heteroatoms. The average Bonchev–Trinajstić information content (AvgIpc) is 2.36. The minimum atomic E-state index is 0.368. The first-order valence-corrected chi connectivity index (χ1v) is 6.11. The maximum absolute atomic E-state index is 8.40. The molecule has 0 amide bonds. The van der Waals surface area contributed by atoms with Gasteiger partial charge in [-0.2, -0.15) is 5.26 Å². The Hall–Kier alpha value is -1.53. The predicted molar refractivity (Wildman–Crippen MR) is 68.9 cm³/mol. The van der Waals surface area contributed by atoms with E-state index in [1.54, 1.807) is 0 Å². The molecule has 0 fully saturated rings. The Morgan fingerprint density at radius 1 is 1.35 bits per heavy atom. The molecule has 1 rings (SSSR count). The number of hydrogen-bond acceptors (Lipinski definition) is 3. The van der Waals surface area contributed by atoms with E-state index in [1.807, 2.05) is 12.1 Å². The van der Waals surface area contributed by atoms with Crippen LogP contribution in [0.2, 0.25) is 0 Å². The van der Waals surface area contributed by atoms with Crippen LogP contribution in [0.1, 0.15) is 38.3 Å². The largest absolute Gasteiger partial charge is 0.494 e. The van der Waals surface area contributed by atoms with E-state index >= 15 is 0 Å². The summed E-state index contributed by atoms with van der Waals surface area (Å²) in [5, 5.41) is 11.8. The fraction of sp³-hybridized carbons (Fsp3) is 0.500. The molecule has 0 aliphatic carbocycles. The third kappa shape index (κ3) is 4.88. The van der Waals surface area contributed by atoms with Crippen LogP contribution in [-0.2, 0) is 0 Å². The Morgan fingerprint density at radius 2 is 2.06 bits per heavy atom. The zero-order valence-electron chi connectivity index (χ0n) is 10.6. The lowest BCUT2D eigenvalue weighted by atomic mass is 10.1. The van der Waals surface area contributed by atoms with Crippen LogP contribution in [0.15, 0.2) is 24.3 Å². The lowest BCUT2D eigenvalue weighted by molar-refractivity contribution is 0.312. The van der Waals surface area contributed by atoms with Crippen LogP contribution in [0.4, 0.5) is 0 Å². The summed E-state index contributed by atoms with van der Waals surface area (Å²) in [7, 11) is 0. The molecular formula is C14H20N2O. The van der Waals surface area contributed by atoms with Gasteiger partial charge < -0.3 is 10.1 Å². The van der Waals surface area contributed by atoms with Gasteiger partial charge in [-0.15, -0.1) is 0 Å². The molecule has 0 aliphatic heterocycles. The van der Waals surface area contributed by atoms with Crippen molar-refractivity contribution in [2.45, 2.75) is 32.7 Å². The second-order valence-corrected chi connectivity index (χ2v) is 3.96. The van der Waals surface area contributed by atoms with E-state index in [4.69, 9.17) is 10.00 Å². The summed E-state index contributed by atoms with van der Waals surface area (Å²) < 4.78 is 5.53. The molecule has 0 radical (unpaired) electrons. The Morgan fingerprint density at radius 3 is 2.65 bits per heavy atom. The monoisotopic (exact) mass is 232 g/mol. The fourth-order valence-corrected chi connectivity index (χ4v) is 1.62. The van der Waals surface area contributed by atoms with Gasteiger partial charge in [0, 0.05) is 12.5 Å². The molecule has 1 N–H and O–H groups in total. The average molecular weight is 232 g/mol. The molecule has 0 saturated carbocycles. The first kappa shape index (κ1) is 13.5. The van der Waals surface area contributed by atoms with E-state index in [2.05, 4.69) is 37.4 Å². The van der Waals surface area contributed by atoms with Crippen LogP contribution >= 0.6 is 0 Å². The van der Waals surface area contributed by atoms with Crippen molar-refractivity contribution in [3.63, 3.8) is 0 Å². The van der Waals surface area contributed by atoms with Gasteiger partial charge in [-0.3, -0.25) is 0 Å². The quantitative estimate of drug-likeness (QED) is 0.735. The summed E-state index contributed by atoms with van der Waals surface area (Å²) in [5.74, 6) is 0.871. The van der Waals surface area contributed by atoms with Gasteiger partial charge in [0.2, 0.25) is 0 Å². The molecule has 1 aromatic carbocycles. The number of ether oxygens (including phenoxy) is 1. The van der Waals surface area contributed by atoms with Gasteiger partial charge >= 0.3 is 0 Å². The summed E-state index contributed by atoms with van der Waals surface area (Å²) in [5.41, 5.74) is 1.26. The third-order valence-corrected chi connectivity index (χ3v) is 2.59. The van der Waals surface area contributed by atoms with Gasteiger partial charge in [0.25, 0.3) is 0 Å². The Balaban J connectivity index is 2.42. The molecule has 0 heterocycles. The normalized spacial score (nSPS) is 11.8. The summed E-state index contributed by atoms with van der Waals surface area (Å²) in [6.45, 7) is 5.82. The van der Waals surface area contributed by atoms with E-state index in [1.165, 1.54) is 5.56 Å². The van der Waals surface area contributed by atoms with Crippen LogP contribution in [0.5, 0.6) is 5.75 Å². The highest BCUT2D eigenvalue weighted by Crippen LogP contribution is 2.17. The second-order valence-electron chi connectivity index (χ2n) is 3.96. The predicted octanol–water partition coefficient (Wildman–Crippen LogP) is 3.04. The number of unbranched alkanes of at least 4 members (excludes halogenated alkanes) is 1. The molecular weight excluding hydrogens is 212 g/mol. The smallest absolute Gasteiger partial charge is 0.119 e. The highest BCUT2D eigenvalue weighted by atomic mass is 16.5. The zero-order valence-corrected chi connectivity index (χ0v) is 10.6. The lowest BCUT2D eigenvalue weighted by Crippen LogP contribution is -2.17. The zero-order chi connectivity index (χ0) is 12.5. The maximum atomic E-state index is 8.40. The first-order valence-electron chi connectivity index (χ1n) is 6.11. The molecule has 0 bridgehead atoms. The van der Waals surface area contributed by atoms with Crippen molar-refractivity contribution in [2.75, 3.05) is 13.2 Å². The van der Waals surface area contributed by atoms with Gasteiger partial charge in [-0.05, 0) is 37.6 Å². The van der Waals surface area contributed by atoms with Gasteiger partial charge in [0.15, 0.2) is 0 Å². The van der Waals surface area contributed by atoms with Gasteiger partial charge in [-0.25, -0.2) is 0 Å². The minimum absolute atomic E-state index is 0.368. The van der Waals surface area contributed by atoms with E-state index in [0.717, 1.165) is 18.7 Å². The van der Waals surface area contributed by atoms with Crippen molar-refractivity contribution in [3.8, 4) is 11.8 Å². The van der Waals surface area contributed by atoms with Crippen molar-refractivity contribution in [1.82, 2.24) is 5.32 Å². The van der Waals surface area contributed by atoms with Gasteiger partial charge in [-0.1, -0.05) is 19.1 Å². The third-order valence-electron chi connectivity index (χ3n) is 2.59. The standard InChI is InChI=1S/C14H20N2O/c1-3-16-12(2)13-6-8-14(9-7-13)17-11-5-4-10-15/h6-9,12,16H,3-5,11H2,1-2H3. The fourth-order valence-electron chi connectivity index (χ4n) is 1.62. The minimum Gasteiger partial charge on any atom is -0.494 e. The Labute approximate surface area is 103 Å². The summed E-state index contributed by atoms with van der Waals surface area (Å²) >= 11 is 0. The number of nitrogens with one attached hydrogen (secondary N) is 1. The molecule has 1 atom stereocenters. The van der Waals surface area contributed by atoms with E-state index < -0.39 is 0 Å². The first-order chi connectivity index (χ1) is 8.27. The molecule has 0 saturated heterocycles. The van der Waals surface area contributed by atoms with Crippen molar-refractivity contribution in [3.05, 3.63) is 29.8 Å². The number of nitrogens with zero attached hydrogens (tertiary/aromatic N) is 1. The molecule has 0 aromatic heterocycles. The van der Waals surface area contributed by atoms with E-state index in [-0.39, 0.29) is 0 Å². The van der Waals surface area contributed by atoms with Crippen molar-refractivity contribution in [2.24, 2.45) is 0 Å². The van der Waals surface area contributed by atoms with Crippen LogP contribution in [0.25, 0.3) is 0 Å². The van der Waals surface area contributed by atoms with Crippen molar-refractivity contribution in [1.29, 1.82) is 5.26 Å². The molecule has 17 heavy (non-hydrogen) atoms. The maximum Gasteiger partial charge on any atom is 0.119 e. The number of nitriles is 1. The van der Waals surface area contributed by atoms with Crippen LogP contribution < -0.4 is 10.1 Å². The molecule has 1 unspecified atom stereocenters. The topological polar surface area (TPSA) is 45.0 Å². The second kappa shape index (κ2) is 7.70. The van der Waals surface area contributed by atoms with Crippen molar-refractivity contribution >= 4 is 0 Å². The van der Waals surface area contributed by atoms with Gasteiger partial charge in [0.1, 0.15) is 5.75 Å². The van der Waals surface area contributed by atoms with Crippen LogP contribution in [-0.4, -0.2) is 13.2 Å². The lowest BCUT2D eigenvalue weighted by Gasteiger charge is -2.13. The highest BCUT2D eigenvalue weighted by Gasteiger charge is 2.03. The van der Waals surface area contributed by atoms with E-state index in [9.17, 15) is 0 Å². The molecule has 3 nitrogen and oxygen atoms in total. The van der Waals surface area contributed by atoms with Gasteiger partial charge in [0.05, 0.1) is 12.7 Å². The molecule has 0 aliphatic rings. The summed E-state index contributed by atoms with van der Waals surface area (Å²) in [4.78, 5) is 0. The Kier molecular flexibility index (Phi) is 6.13.